The van der Waals surface area contributed by atoms with Crippen LogP contribution in [0, 0.1) is 0 Å². The van der Waals surface area contributed by atoms with Crippen molar-refractivity contribution < 1.29 is 0 Å². The van der Waals surface area contributed by atoms with Crippen LogP contribution in [-0.4, -0.2) is 0 Å². The highest BCUT2D eigenvalue weighted by Crippen LogP contribution is 2.51. The van der Waals surface area contributed by atoms with E-state index < -0.39 is 0 Å². The van der Waals surface area contributed by atoms with Crippen LogP contribution in [0.1, 0.15) is 37.3 Å². The van der Waals surface area contributed by atoms with E-state index in [-0.39, 0.29) is 4.75 Å². The molecule has 2 aromatic rings. The number of hydrogen-bond donors (Lipinski definition) is 0. The van der Waals surface area contributed by atoms with Crippen molar-refractivity contribution in [1.29, 1.82) is 0 Å². The average molecular weight is 280 g/mol. The molecule has 0 fully saturated rings. The Bertz CT molecular complexity index is 600. The van der Waals surface area contributed by atoms with Gasteiger partial charge >= 0.3 is 0 Å². The van der Waals surface area contributed by atoms with Crippen LogP contribution in [0.25, 0.3) is 0 Å². The Kier molecular flexibility index (Phi) is 3.71. The summed E-state index contributed by atoms with van der Waals surface area (Å²) < 4.78 is 0.167. The predicted octanol–water partition coefficient (Wildman–Crippen LogP) is 5.73. The van der Waals surface area contributed by atoms with Crippen LogP contribution in [0.15, 0.2) is 71.6 Å². The molecule has 0 spiro atoms. The third kappa shape index (κ3) is 2.69. The van der Waals surface area contributed by atoms with Crippen LogP contribution < -0.4 is 0 Å². The zero-order valence-electron chi connectivity index (χ0n) is 12.0. The van der Waals surface area contributed by atoms with Crippen LogP contribution in [0.4, 0.5) is 0 Å². The molecular formula is C19H20S. The summed E-state index contributed by atoms with van der Waals surface area (Å²) in [7, 11) is 0. The van der Waals surface area contributed by atoms with E-state index in [0.29, 0.717) is 5.92 Å². The van der Waals surface area contributed by atoms with E-state index in [0.717, 1.165) is 6.42 Å². The number of hydrogen-bond acceptors (Lipinski definition) is 1. The molecular weight excluding hydrogens is 260 g/mol. The lowest BCUT2D eigenvalue weighted by Gasteiger charge is -2.37. The molecule has 0 nitrogen and oxygen atoms in total. The van der Waals surface area contributed by atoms with Gasteiger partial charge in [0.15, 0.2) is 0 Å². The predicted molar refractivity (Wildman–Crippen MR) is 88.9 cm³/mol. The van der Waals surface area contributed by atoms with E-state index in [9.17, 15) is 0 Å². The fourth-order valence-electron chi connectivity index (χ4n) is 3.07. The summed E-state index contributed by atoms with van der Waals surface area (Å²) in [5, 5.41) is 0. The Morgan fingerprint density at radius 1 is 0.950 bits per heavy atom. The second-order valence-corrected chi connectivity index (χ2v) is 7.45. The Balaban J connectivity index is 1.96. The quantitative estimate of drug-likeness (QED) is 0.677. The second kappa shape index (κ2) is 5.49. The van der Waals surface area contributed by atoms with Gasteiger partial charge in [0, 0.05) is 10.7 Å². The lowest BCUT2D eigenvalue weighted by Crippen LogP contribution is -2.23. The zero-order valence-corrected chi connectivity index (χ0v) is 12.9. The molecule has 0 N–H and O–H groups in total. The van der Waals surface area contributed by atoms with Gasteiger partial charge in [0.05, 0.1) is 0 Å². The first kappa shape index (κ1) is 13.5. The molecule has 0 radical (unpaired) electrons. The van der Waals surface area contributed by atoms with Gasteiger partial charge < -0.3 is 0 Å². The van der Waals surface area contributed by atoms with Crippen molar-refractivity contribution in [2.75, 3.05) is 0 Å². The highest BCUT2D eigenvalue weighted by Gasteiger charge is 2.34. The number of benzene rings is 2. The molecule has 2 aromatic carbocycles. The Hall–Kier alpha value is -1.47. The molecule has 2 unspecified atom stereocenters. The molecule has 0 aliphatic carbocycles. The monoisotopic (exact) mass is 280 g/mol. The molecule has 102 valence electrons. The van der Waals surface area contributed by atoms with E-state index in [1.54, 1.807) is 0 Å². The maximum absolute atomic E-state index is 2.42. The van der Waals surface area contributed by atoms with Crippen molar-refractivity contribution in [3.05, 3.63) is 82.8 Å². The largest absolute Gasteiger partial charge is 0.120 e. The van der Waals surface area contributed by atoms with Gasteiger partial charge in [0.25, 0.3) is 0 Å². The van der Waals surface area contributed by atoms with Crippen LogP contribution in [-0.2, 0) is 4.75 Å². The first-order chi connectivity index (χ1) is 9.67. The van der Waals surface area contributed by atoms with Crippen LogP contribution >= 0.6 is 11.8 Å². The van der Waals surface area contributed by atoms with Gasteiger partial charge in [0.1, 0.15) is 0 Å². The normalized spacial score (nSPS) is 26.1. The zero-order chi connectivity index (χ0) is 14.0. The Labute approximate surface area is 125 Å². The molecule has 2 atom stereocenters. The second-order valence-electron chi connectivity index (χ2n) is 5.70. The highest BCUT2D eigenvalue weighted by molar-refractivity contribution is 8.04. The smallest absolute Gasteiger partial charge is 0.0432 e. The van der Waals surface area contributed by atoms with Crippen molar-refractivity contribution in [2.45, 2.75) is 30.9 Å². The molecule has 3 rings (SSSR count). The van der Waals surface area contributed by atoms with Crippen molar-refractivity contribution in [2.24, 2.45) is 0 Å². The standard InChI is InChI=1S/C19H20S/c1-15-13-17(16-9-5-3-6-10-16)14-19(2,20-15)18-11-7-4-8-12-18/h3-13,17H,14H2,1-2H3. The number of allylic oxidation sites excluding steroid dienone is 2. The third-order valence-electron chi connectivity index (χ3n) is 4.04. The minimum absolute atomic E-state index is 0.167. The summed E-state index contributed by atoms with van der Waals surface area (Å²) in [5.41, 5.74) is 2.85. The van der Waals surface area contributed by atoms with E-state index in [1.807, 2.05) is 11.8 Å². The van der Waals surface area contributed by atoms with E-state index in [2.05, 4.69) is 80.6 Å². The van der Waals surface area contributed by atoms with E-state index in [1.165, 1.54) is 16.0 Å². The van der Waals surface area contributed by atoms with Crippen LogP contribution in [0.2, 0.25) is 0 Å². The molecule has 20 heavy (non-hydrogen) atoms. The van der Waals surface area contributed by atoms with Gasteiger partial charge in [-0.15, -0.1) is 11.8 Å². The average Bonchev–Trinajstić information content (AvgIpc) is 2.48. The number of thioether (sulfide) groups is 1. The van der Waals surface area contributed by atoms with Gasteiger partial charge in [-0.25, -0.2) is 0 Å². The summed E-state index contributed by atoms with van der Waals surface area (Å²) in [4.78, 5) is 1.43. The van der Waals surface area contributed by atoms with Gasteiger partial charge in [0.2, 0.25) is 0 Å². The maximum Gasteiger partial charge on any atom is 0.0432 e. The minimum atomic E-state index is 0.167. The first-order valence-electron chi connectivity index (χ1n) is 7.15. The van der Waals surface area contributed by atoms with E-state index in [4.69, 9.17) is 0 Å². The third-order valence-corrected chi connectivity index (χ3v) is 5.35. The highest BCUT2D eigenvalue weighted by atomic mass is 32.2. The van der Waals surface area contributed by atoms with Crippen LogP contribution in [0.5, 0.6) is 0 Å². The summed E-state index contributed by atoms with van der Waals surface area (Å²) in [6, 6.07) is 21.8. The topological polar surface area (TPSA) is 0 Å². The minimum Gasteiger partial charge on any atom is -0.120 e. The number of rotatable bonds is 2. The van der Waals surface area contributed by atoms with Crippen LogP contribution in [0.3, 0.4) is 0 Å². The van der Waals surface area contributed by atoms with Gasteiger partial charge in [-0.1, -0.05) is 66.7 Å². The molecule has 0 saturated heterocycles. The summed E-state index contributed by atoms with van der Waals surface area (Å²) in [6.07, 6.45) is 3.58. The van der Waals surface area contributed by atoms with Crippen molar-refractivity contribution in [3.8, 4) is 0 Å². The molecule has 0 saturated carbocycles. The molecule has 1 aliphatic rings. The summed E-state index contributed by atoms with van der Waals surface area (Å²) in [6.45, 7) is 4.61. The molecule has 0 amide bonds. The fourth-order valence-corrected chi connectivity index (χ4v) is 4.53. The molecule has 0 bridgehead atoms. The SMILES string of the molecule is CC1=CC(c2ccccc2)CC(C)(c2ccccc2)S1. The van der Waals surface area contributed by atoms with Gasteiger partial charge in [-0.05, 0) is 36.3 Å². The molecule has 1 heterocycles. The lowest BCUT2D eigenvalue weighted by atomic mass is 9.84. The van der Waals surface area contributed by atoms with Gasteiger partial charge in [-0.2, -0.15) is 0 Å². The molecule has 0 aromatic heterocycles. The Morgan fingerprint density at radius 3 is 2.20 bits per heavy atom. The maximum atomic E-state index is 2.42. The fraction of sp³-hybridized carbons (Fsp3) is 0.263. The lowest BCUT2D eigenvalue weighted by molar-refractivity contribution is 0.572. The van der Waals surface area contributed by atoms with Crippen molar-refractivity contribution in [1.82, 2.24) is 0 Å². The first-order valence-corrected chi connectivity index (χ1v) is 7.97. The van der Waals surface area contributed by atoms with Crippen molar-refractivity contribution in [3.63, 3.8) is 0 Å². The van der Waals surface area contributed by atoms with E-state index >= 15 is 0 Å². The van der Waals surface area contributed by atoms with Crippen molar-refractivity contribution >= 4 is 11.8 Å². The Morgan fingerprint density at radius 2 is 1.55 bits per heavy atom. The molecule has 1 heteroatoms. The molecule has 1 aliphatic heterocycles. The summed E-state index contributed by atoms with van der Waals surface area (Å²) in [5.74, 6) is 0.516. The van der Waals surface area contributed by atoms with Gasteiger partial charge in [-0.3, -0.25) is 0 Å². The summed E-state index contributed by atoms with van der Waals surface area (Å²) >= 11 is 2.00.